The normalized spacial score (nSPS) is 18.2. The molecular weight excluding hydrogens is 548 g/mol. The number of rotatable bonds is 9. The molecule has 43 heavy (non-hydrogen) atoms. The fraction of sp³-hybridized carbons (Fsp3) is 0.324. The van der Waals surface area contributed by atoms with E-state index in [1.807, 2.05) is 43.3 Å². The summed E-state index contributed by atoms with van der Waals surface area (Å²) >= 11 is 0. The smallest absolute Gasteiger partial charge is 0.333 e. The molecule has 4 N–H and O–H groups in total. The molecule has 0 spiro atoms. The van der Waals surface area contributed by atoms with Crippen molar-refractivity contribution in [3.05, 3.63) is 105 Å². The molecule has 2 atom stereocenters. The summed E-state index contributed by atoms with van der Waals surface area (Å²) in [6.45, 7) is 4.84. The zero-order chi connectivity index (χ0) is 30.7. The minimum Gasteiger partial charge on any atom is -0.507 e. The molecule has 9 nitrogen and oxygen atoms in total. The van der Waals surface area contributed by atoms with E-state index in [4.69, 9.17) is 19.6 Å². The Labute approximate surface area is 249 Å². The number of hydrogen-bond donors (Lipinski definition) is 3. The van der Waals surface area contributed by atoms with Gasteiger partial charge in [-0.2, -0.15) is 0 Å². The molecule has 5 rings (SSSR count). The molecule has 9 heteroatoms. The Morgan fingerprint density at radius 2 is 1.93 bits per heavy atom. The Hall–Kier alpha value is -4.63. The number of fused-ring (bicyclic) bond motifs is 2. The van der Waals surface area contributed by atoms with Gasteiger partial charge in [0.2, 0.25) is 0 Å². The molecule has 0 saturated heterocycles. The van der Waals surface area contributed by atoms with Crippen LogP contribution in [0, 0.1) is 0 Å². The van der Waals surface area contributed by atoms with Crippen LogP contribution >= 0.6 is 0 Å². The number of carbonyl (C=O) groups is 1. The number of aromatic hydroxyl groups is 1. The monoisotopic (exact) mass is 584 g/mol. The zero-order valence-corrected chi connectivity index (χ0v) is 24.6. The highest BCUT2D eigenvalue weighted by molar-refractivity contribution is 5.91. The minimum absolute atomic E-state index is 0.00822. The molecule has 0 unspecified atom stereocenters. The number of ether oxygens (including phenoxy) is 2. The molecule has 224 valence electrons. The maximum atomic E-state index is 13.2. The summed E-state index contributed by atoms with van der Waals surface area (Å²) in [5.41, 5.74) is 7.88. The molecule has 1 aliphatic heterocycles. The Balaban J connectivity index is 1.64. The first-order chi connectivity index (χ1) is 20.6. The van der Waals surface area contributed by atoms with Gasteiger partial charge >= 0.3 is 5.97 Å². The lowest BCUT2D eigenvalue weighted by molar-refractivity contribution is -0.158. The quantitative estimate of drug-likeness (QED) is 0.184. The van der Waals surface area contributed by atoms with Gasteiger partial charge in [0.05, 0.1) is 0 Å². The lowest BCUT2D eigenvalue weighted by atomic mass is 9.82. The van der Waals surface area contributed by atoms with E-state index in [0.29, 0.717) is 54.0 Å². The van der Waals surface area contributed by atoms with Gasteiger partial charge in [-0.15, -0.1) is 0 Å². The zero-order valence-electron chi connectivity index (χ0n) is 24.6. The minimum atomic E-state index is -1.02. The van der Waals surface area contributed by atoms with Crippen LogP contribution in [0.15, 0.2) is 75.6 Å². The predicted octanol–water partition coefficient (Wildman–Crippen LogP) is 4.96. The first kappa shape index (κ1) is 29.8. The number of hydrogen-bond acceptors (Lipinski definition) is 9. The number of anilines is 1. The number of nitrogens with zero attached hydrogens (tertiary/aromatic N) is 1. The van der Waals surface area contributed by atoms with Gasteiger partial charge in [-0.3, -0.25) is 4.79 Å². The van der Waals surface area contributed by atoms with Gasteiger partial charge in [-0.1, -0.05) is 42.5 Å². The van der Waals surface area contributed by atoms with Crippen molar-refractivity contribution in [3.63, 3.8) is 0 Å². The van der Waals surface area contributed by atoms with Crippen LogP contribution in [-0.4, -0.2) is 32.9 Å². The first-order valence-electron chi connectivity index (χ1n) is 14.3. The summed E-state index contributed by atoms with van der Waals surface area (Å²) in [6, 6.07) is 14.7. The largest absolute Gasteiger partial charge is 0.507 e. The Kier molecular flexibility index (Phi) is 8.54. The standard InChI is InChI=1S/C34H36N2O7/c1-4-20(2)33(40)42-27-17-25-30(39)29-26(38)16-23(19-37)41-32(29)24(12-10-21-8-6-5-7-9-21)31(25)43-34(27,3)15-14-22-11-13-28(35)36-18-22/h4-9,11,13,16,18,27,37,39H,10,12,14-15,17,19H2,1-3H3,(H2,35,36)/b20-4-/t27-,34+/m1/s1. The number of phenols is 1. The fourth-order valence-electron chi connectivity index (χ4n) is 5.45. The number of esters is 1. The molecule has 0 bridgehead atoms. The van der Waals surface area contributed by atoms with Crippen molar-refractivity contribution in [2.24, 2.45) is 0 Å². The average Bonchev–Trinajstić information content (AvgIpc) is 3.01. The number of nitrogens with two attached hydrogens (primary N) is 1. The molecule has 4 aromatic rings. The third-order valence-electron chi connectivity index (χ3n) is 8.17. The van der Waals surface area contributed by atoms with Crippen molar-refractivity contribution in [1.82, 2.24) is 4.98 Å². The van der Waals surface area contributed by atoms with E-state index >= 15 is 0 Å². The fourth-order valence-corrected chi connectivity index (χ4v) is 5.45. The number of phenolic OH excluding ortho intramolecular Hbond substituents is 1. The van der Waals surface area contributed by atoms with E-state index in [1.165, 1.54) is 6.07 Å². The van der Waals surface area contributed by atoms with Crippen LogP contribution in [0.4, 0.5) is 5.82 Å². The van der Waals surface area contributed by atoms with E-state index < -0.39 is 29.7 Å². The van der Waals surface area contributed by atoms with Crippen molar-refractivity contribution >= 4 is 22.8 Å². The Morgan fingerprint density at radius 1 is 1.16 bits per heavy atom. The molecular formula is C34H36N2O7. The molecule has 2 aromatic carbocycles. The van der Waals surface area contributed by atoms with Crippen LogP contribution in [0.3, 0.4) is 0 Å². The maximum absolute atomic E-state index is 13.2. The molecule has 0 fully saturated rings. The van der Waals surface area contributed by atoms with Crippen molar-refractivity contribution in [1.29, 1.82) is 0 Å². The summed E-state index contributed by atoms with van der Waals surface area (Å²) < 4.78 is 18.8. The summed E-state index contributed by atoms with van der Waals surface area (Å²) in [5.74, 6) is 0.130. The number of nitrogen functional groups attached to an aromatic ring is 1. The SMILES string of the molecule is C/C=C(/C)C(=O)O[C@@H]1Cc2c(c(CCc3ccccc3)c3oc(CO)cc(=O)c3c2O)O[C@@]1(C)CCc1ccc(N)nc1. The average molecular weight is 585 g/mol. The number of benzene rings is 2. The number of aromatic nitrogens is 1. The van der Waals surface area contributed by atoms with Gasteiger partial charge in [0, 0.05) is 35.4 Å². The van der Waals surface area contributed by atoms with Gasteiger partial charge in [0.15, 0.2) is 5.43 Å². The van der Waals surface area contributed by atoms with Crippen molar-refractivity contribution in [2.45, 2.75) is 71.2 Å². The number of aryl methyl sites for hydroxylation is 3. The van der Waals surface area contributed by atoms with Crippen molar-refractivity contribution < 1.29 is 28.9 Å². The number of aliphatic hydroxyl groups excluding tert-OH is 1. The second-order valence-corrected chi connectivity index (χ2v) is 11.1. The molecule has 0 radical (unpaired) electrons. The van der Waals surface area contributed by atoms with Crippen LogP contribution in [0.1, 0.15) is 55.2 Å². The van der Waals surface area contributed by atoms with Crippen molar-refractivity contribution in [3.8, 4) is 11.5 Å². The van der Waals surface area contributed by atoms with Gasteiger partial charge in [0.25, 0.3) is 0 Å². The van der Waals surface area contributed by atoms with E-state index in [2.05, 4.69) is 4.98 Å². The molecule has 0 saturated carbocycles. The van der Waals surface area contributed by atoms with E-state index in [0.717, 1.165) is 11.1 Å². The number of aliphatic hydroxyl groups is 1. The molecule has 3 heterocycles. The summed E-state index contributed by atoms with van der Waals surface area (Å²) in [4.78, 5) is 30.4. The maximum Gasteiger partial charge on any atom is 0.333 e. The van der Waals surface area contributed by atoms with Crippen LogP contribution < -0.4 is 15.9 Å². The van der Waals surface area contributed by atoms with E-state index in [1.54, 1.807) is 32.2 Å². The topological polar surface area (TPSA) is 145 Å². The number of carbonyl (C=O) groups excluding carboxylic acids is 1. The number of pyridine rings is 1. The van der Waals surface area contributed by atoms with E-state index in [9.17, 15) is 19.8 Å². The van der Waals surface area contributed by atoms with E-state index in [-0.39, 0.29) is 28.9 Å². The highest BCUT2D eigenvalue weighted by Crippen LogP contribution is 2.47. The van der Waals surface area contributed by atoms with Crippen LogP contribution in [0.25, 0.3) is 11.0 Å². The Morgan fingerprint density at radius 3 is 2.60 bits per heavy atom. The van der Waals surface area contributed by atoms with Gasteiger partial charge in [-0.25, -0.2) is 9.78 Å². The summed E-state index contributed by atoms with van der Waals surface area (Å²) in [6.07, 6.45) is 4.76. The summed E-state index contributed by atoms with van der Waals surface area (Å²) in [5, 5.41) is 21.3. The predicted molar refractivity (Wildman–Crippen MR) is 163 cm³/mol. The van der Waals surface area contributed by atoms with Crippen LogP contribution in [0.2, 0.25) is 0 Å². The molecule has 0 aliphatic carbocycles. The summed E-state index contributed by atoms with van der Waals surface area (Å²) in [7, 11) is 0. The Bertz CT molecular complexity index is 1730. The highest BCUT2D eigenvalue weighted by Gasteiger charge is 2.46. The van der Waals surface area contributed by atoms with Gasteiger partial charge < -0.3 is 29.8 Å². The number of allylic oxidation sites excluding steroid dienone is 1. The van der Waals surface area contributed by atoms with Crippen LogP contribution in [0.5, 0.6) is 11.5 Å². The van der Waals surface area contributed by atoms with Gasteiger partial charge in [0.1, 0.15) is 52.4 Å². The lowest BCUT2D eigenvalue weighted by Crippen LogP contribution is -2.51. The molecule has 0 amide bonds. The first-order valence-corrected chi connectivity index (χ1v) is 14.3. The second-order valence-electron chi connectivity index (χ2n) is 11.1. The molecule has 1 aliphatic rings. The third kappa shape index (κ3) is 6.12. The highest BCUT2D eigenvalue weighted by atomic mass is 16.6. The second kappa shape index (κ2) is 12.3. The van der Waals surface area contributed by atoms with Gasteiger partial charge in [-0.05, 0) is 63.6 Å². The van der Waals surface area contributed by atoms with Crippen molar-refractivity contribution in [2.75, 3.05) is 5.73 Å². The molecule has 2 aromatic heterocycles. The van der Waals surface area contributed by atoms with Crippen LogP contribution in [-0.2, 0) is 41.8 Å². The lowest BCUT2D eigenvalue weighted by Gasteiger charge is -2.43. The third-order valence-corrected chi connectivity index (χ3v) is 8.17.